The number of hydrogen-bond donors (Lipinski definition) is 0. The summed E-state index contributed by atoms with van der Waals surface area (Å²) in [6, 6.07) is 9.17. The zero-order valence-electron chi connectivity index (χ0n) is 19.7. The number of benzene rings is 2. The van der Waals surface area contributed by atoms with Gasteiger partial charge in [0.2, 0.25) is 5.75 Å². The Bertz CT molecular complexity index is 1140. The third kappa shape index (κ3) is 5.03. The van der Waals surface area contributed by atoms with E-state index in [9.17, 15) is 4.79 Å². The lowest BCUT2D eigenvalue weighted by molar-refractivity contribution is 0.0320. The number of fused-ring (bicyclic) bond motifs is 1. The smallest absolute Gasteiger partial charge is 0.205 e. The molecule has 0 bridgehead atoms. The molecule has 4 rings (SSSR count). The Morgan fingerprint density at radius 1 is 0.971 bits per heavy atom. The van der Waals surface area contributed by atoms with Gasteiger partial charge >= 0.3 is 0 Å². The molecule has 0 atom stereocenters. The zero-order valence-corrected chi connectivity index (χ0v) is 19.7. The summed E-state index contributed by atoms with van der Waals surface area (Å²) in [7, 11) is 4.66. The molecule has 0 spiro atoms. The molecule has 1 aliphatic rings. The standard InChI is InChI=1S/C26H29NO7/c1-29-19-7-4-18(5-8-19)6-9-21(28)22-23(30-2)20-10-14-33-24(20)26(31-3)25(22)34-17-13-27-11-15-32-16-12-27/h4-10,14H,11-13,15-17H2,1-3H3/b9-6+. The largest absolute Gasteiger partial charge is 0.497 e. The van der Waals surface area contributed by atoms with Gasteiger partial charge in [-0.15, -0.1) is 0 Å². The van der Waals surface area contributed by atoms with E-state index in [1.807, 2.05) is 24.3 Å². The Morgan fingerprint density at radius 2 is 1.71 bits per heavy atom. The molecule has 1 fully saturated rings. The van der Waals surface area contributed by atoms with Gasteiger partial charge in [0, 0.05) is 19.6 Å². The van der Waals surface area contributed by atoms with Crippen LogP contribution in [0, 0.1) is 0 Å². The van der Waals surface area contributed by atoms with Crippen molar-refractivity contribution in [3.05, 3.63) is 53.8 Å². The molecule has 180 valence electrons. The highest BCUT2D eigenvalue weighted by atomic mass is 16.5. The van der Waals surface area contributed by atoms with Crippen molar-refractivity contribution in [2.45, 2.75) is 0 Å². The van der Waals surface area contributed by atoms with Gasteiger partial charge in [-0.05, 0) is 29.8 Å². The number of ketones is 1. The summed E-state index contributed by atoms with van der Waals surface area (Å²) in [5, 5.41) is 0.640. The highest BCUT2D eigenvalue weighted by Crippen LogP contribution is 2.46. The minimum atomic E-state index is -0.268. The first-order chi connectivity index (χ1) is 16.7. The maximum atomic E-state index is 13.5. The monoisotopic (exact) mass is 467 g/mol. The van der Waals surface area contributed by atoms with E-state index in [0.717, 1.165) is 24.4 Å². The maximum absolute atomic E-state index is 13.5. The average molecular weight is 468 g/mol. The fourth-order valence-corrected chi connectivity index (χ4v) is 3.95. The number of morpholine rings is 1. The first-order valence-electron chi connectivity index (χ1n) is 11.1. The topological polar surface area (TPSA) is 79.6 Å². The predicted octanol–water partition coefficient (Wildman–Crippen LogP) is 4.07. The van der Waals surface area contributed by atoms with Crippen LogP contribution in [0.15, 0.2) is 47.1 Å². The molecule has 0 N–H and O–H groups in total. The SMILES string of the molecule is COc1ccc(/C=C/C(=O)c2c(OCCN3CCOCC3)c(OC)c3occc3c2OC)cc1. The van der Waals surface area contributed by atoms with Gasteiger partial charge in [-0.1, -0.05) is 18.2 Å². The number of hydrogen-bond acceptors (Lipinski definition) is 8. The van der Waals surface area contributed by atoms with Crippen LogP contribution in [0.4, 0.5) is 0 Å². The molecular weight excluding hydrogens is 438 g/mol. The van der Waals surface area contributed by atoms with Crippen LogP contribution >= 0.6 is 0 Å². The quantitative estimate of drug-likeness (QED) is 0.326. The molecule has 8 heteroatoms. The first kappa shape index (κ1) is 23.7. The molecule has 0 aliphatic carbocycles. The van der Waals surface area contributed by atoms with E-state index in [1.54, 1.807) is 19.3 Å². The van der Waals surface area contributed by atoms with E-state index in [4.69, 9.17) is 28.1 Å². The minimum Gasteiger partial charge on any atom is -0.497 e. The molecular formula is C26H29NO7. The van der Waals surface area contributed by atoms with Gasteiger partial charge in [0.1, 0.15) is 23.7 Å². The second-order valence-electron chi connectivity index (χ2n) is 7.71. The van der Waals surface area contributed by atoms with E-state index in [0.29, 0.717) is 60.1 Å². The van der Waals surface area contributed by atoms with Crippen molar-refractivity contribution in [1.29, 1.82) is 0 Å². The van der Waals surface area contributed by atoms with E-state index in [2.05, 4.69) is 4.90 Å². The number of nitrogens with zero attached hydrogens (tertiary/aromatic N) is 1. The summed E-state index contributed by atoms with van der Waals surface area (Å²) >= 11 is 0. The summed E-state index contributed by atoms with van der Waals surface area (Å²) in [4.78, 5) is 15.7. The van der Waals surface area contributed by atoms with Gasteiger partial charge in [-0.3, -0.25) is 9.69 Å². The van der Waals surface area contributed by atoms with Crippen molar-refractivity contribution in [2.75, 3.05) is 60.8 Å². The fraction of sp³-hybridized carbons (Fsp3) is 0.346. The van der Waals surface area contributed by atoms with Crippen molar-refractivity contribution < 1.29 is 32.9 Å². The van der Waals surface area contributed by atoms with E-state index in [1.165, 1.54) is 26.6 Å². The molecule has 1 aromatic heterocycles. The first-order valence-corrected chi connectivity index (χ1v) is 11.1. The van der Waals surface area contributed by atoms with Gasteiger partial charge in [-0.2, -0.15) is 0 Å². The Hall–Kier alpha value is -3.49. The molecule has 1 saturated heterocycles. The molecule has 8 nitrogen and oxygen atoms in total. The number of ether oxygens (including phenoxy) is 5. The minimum absolute atomic E-state index is 0.268. The van der Waals surface area contributed by atoms with Gasteiger partial charge in [0.25, 0.3) is 0 Å². The normalized spacial score (nSPS) is 14.4. The summed E-state index contributed by atoms with van der Waals surface area (Å²) < 4.78 is 33.7. The van der Waals surface area contributed by atoms with Gasteiger partial charge in [-0.25, -0.2) is 0 Å². The lowest BCUT2D eigenvalue weighted by Gasteiger charge is -2.26. The van der Waals surface area contributed by atoms with Crippen LogP contribution in [0.3, 0.4) is 0 Å². The molecule has 0 unspecified atom stereocenters. The van der Waals surface area contributed by atoms with Crippen LogP contribution < -0.4 is 18.9 Å². The van der Waals surface area contributed by atoms with Crippen molar-refractivity contribution in [3.63, 3.8) is 0 Å². The molecule has 0 amide bonds. The lowest BCUT2D eigenvalue weighted by atomic mass is 10.0. The Morgan fingerprint density at radius 3 is 2.38 bits per heavy atom. The van der Waals surface area contributed by atoms with Crippen LogP contribution in [0.25, 0.3) is 17.0 Å². The zero-order chi connectivity index (χ0) is 23.9. The van der Waals surface area contributed by atoms with Crippen molar-refractivity contribution >= 4 is 22.8 Å². The number of rotatable bonds is 10. The third-order valence-electron chi connectivity index (χ3n) is 5.73. The lowest BCUT2D eigenvalue weighted by Crippen LogP contribution is -2.38. The summed E-state index contributed by atoms with van der Waals surface area (Å²) in [5.74, 6) is 1.53. The molecule has 2 aromatic carbocycles. The number of methoxy groups -OCH3 is 3. The van der Waals surface area contributed by atoms with Gasteiger partial charge in [0.15, 0.2) is 17.1 Å². The van der Waals surface area contributed by atoms with E-state index in [-0.39, 0.29) is 5.78 Å². The molecule has 2 heterocycles. The number of carbonyl (C=O) groups is 1. The Balaban J connectivity index is 1.67. The van der Waals surface area contributed by atoms with Gasteiger partial charge < -0.3 is 28.1 Å². The molecule has 0 radical (unpaired) electrons. The van der Waals surface area contributed by atoms with E-state index >= 15 is 0 Å². The average Bonchev–Trinajstić information content (AvgIpc) is 3.37. The molecule has 3 aromatic rings. The van der Waals surface area contributed by atoms with Crippen molar-refractivity contribution in [1.82, 2.24) is 4.90 Å². The van der Waals surface area contributed by atoms with Crippen molar-refractivity contribution in [3.8, 4) is 23.0 Å². The Kier molecular flexibility index (Phi) is 7.72. The third-order valence-corrected chi connectivity index (χ3v) is 5.73. The number of allylic oxidation sites excluding steroid dienone is 1. The molecule has 1 aliphatic heterocycles. The van der Waals surface area contributed by atoms with E-state index < -0.39 is 0 Å². The molecule has 0 saturated carbocycles. The maximum Gasteiger partial charge on any atom is 0.205 e. The van der Waals surface area contributed by atoms with Crippen molar-refractivity contribution in [2.24, 2.45) is 0 Å². The highest BCUT2D eigenvalue weighted by Gasteiger charge is 2.28. The second kappa shape index (κ2) is 11.1. The summed E-state index contributed by atoms with van der Waals surface area (Å²) in [5.41, 5.74) is 1.62. The number of furan rings is 1. The van der Waals surface area contributed by atoms with Crippen LogP contribution in [0.5, 0.6) is 23.0 Å². The predicted molar refractivity (Wildman–Crippen MR) is 128 cm³/mol. The Labute approximate surface area is 198 Å². The van der Waals surface area contributed by atoms with Crippen LogP contribution in [0.2, 0.25) is 0 Å². The van der Waals surface area contributed by atoms with Crippen LogP contribution in [0.1, 0.15) is 15.9 Å². The van der Waals surface area contributed by atoms with Gasteiger partial charge in [0.05, 0.1) is 46.2 Å². The summed E-state index contributed by atoms with van der Waals surface area (Å²) in [6.45, 7) is 4.16. The van der Waals surface area contributed by atoms with Crippen LogP contribution in [-0.4, -0.2) is 71.5 Å². The second-order valence-corrected chi connectivity index (χ2v) is 7.71. The fourth-order valence-electron chi connectivity index (χ4n) is 3.95. The number of carbonyl (C=O) groups excluding carboxylic acids is 1. The summed E-state index contributed by atoms with van der Waals surface area (Å²) in [6.07, 6.45) is 4.78. The molecule has 34 heavy (non-hydrogen) atoms. The highest BCUT2D eigenvalue weighted by molar-refractivity contribution is 6.15. The van der Waals surface area contributed by atoms with Crippen LogP contribution in [-0.2, 0) is 4.74 Å².